The minimum absolute atomic E-state index is 0.382. The Hall–Kier alpha value is -2.66. The number of carbonyl (C=O) groups excluding carboxylic acids is 2. The summed E-state index contributed by atoms with van der Waals surface area (Å²) in [5.74, 6) is -1.70. The molecule has 0 radical (unpaired) electrons. The molecule has 0 saturated heterocycles. The number of esters is 1. The van der Waals surface area contributed by atoms with Crippen molar-refractivity contribution in [2.75, 3.05) is 5.06 Å². The summed E-state index contributed by atoms with van der Waals surface area (Å²) in [6.45, 7) is 8.92. The molecule has 5 heteroatoms. The number of rotatable bonds is 3. The Morgan fingerprint density at radius 1 is 1.27 bits per heavy atom. The topological polar surface area (TPSA) is 66.8 Å². The first-order chi connectivity index (χ1) is 12.2. The molecule has 3 rings (SSSR count). The lowest BCUT2D eigenvalue weighted by atomic mass is 9.80. The van der Waals surface area contributed by atoms with Gasteiger partial charge in [-0.2, -0.15) is 0 Å². The Morgan fingerprint density at radius 2 is 1.96 bits per heavy atom. The molecular weight excluding hydrogens is 330 g/mol. The van der Waals surface area contributed by atoms with E-state index < -0.39 is 23.5 Å². The third-order valence-electron chi connectivity index (χ3n) is 4.43. The highest BCUT2D eigenvalue weighted by atomic mass is 16.6. The van der Waals surface area contributed by atoms with Crippen molar-refractivity contribution in [1.29, 1.82) is 0 Å². The van der Waals surface area contributed by atoms with E-state index in [2.05, 4.69) is 6.58 Å². The molecule has 5 nitrogen and oxygen atoms in total. The Morgan fingerprint density at radius 3 is 2.62 bits per heavy atom. The van der Waals surface area contributed by atoms with Gasteiger partial charge in [0, 0.05) is 0 Å². The molecular formula is C21H23NO4. The van der Waals surface area contributed by atoms with Gasteiger partial charge in [-0.3, -0.25) is 10.0 Å². The number of anilines is 1. The molecule has 0 bridgehead atoms. The maximum absolute atomic E-state index is 13.1. The fourth-order valence-electron chi connectivity index (χ4n) is 3.42. The number of fused-ring (bicyclic) bond motifs is 3. The number of ketones is 1. The van der Waals surface area contributed by atoms with Crippen LogP contribution in [0, 0.1) is 0 Å². The summed E-state index contributed by atoms with van der Waals surface area (Å²) in [5.41, 5.74) is 0.414. The second kappa shape index (κ2) is 6.57. The van der Waals surface area contributed by atoms with E-state index in [0.717, 1.165) is 21.4 Å². The molecule has 2 atom stereocenters. The van der Waals surface area contributed by atoms with Gasteiger partial charge in [-0.05, 0) is 49.6 Å². The van der Waals surface area contributed by atoms with Gasteiger partial charge in [-0.15, -0.1) is 6.58 Å². The zero-order valence-corrected chi connectivity index (χ0v) is 15.2. The van der Waals surface area contributed by atoms with Crippen molar-refractivity contribution in [3.63, 3.8) is 0 Å². The summed E-state index contributed by atoms with van der Waals surface area (Å²) < 4.78 is 5.36. The SMILES string of the molecule is C=CCC1C(=O)C(C(=O)OC(C)(C)C)N(O)c2ccc3ccccc3c21. The summed E-state index contributed by atoms with van der Waals surface area (Å²) >= 11 is 0. The maximum atomic E-state index is 13.1. The molecule has 1 heterocycles. The smallest absolute Gasteiger partial charge is 0.339 e. The van der Waals surface area contributed by atoms with E-state index in [1.165, 1.54) is 0 Å². The zero-order valence-electron chi connectivity index (χ0n) is 15.2. The Balaban J connectivity index is 2.16. The molecule has 2 unspecified atom stereocenters. The third kappa shape index (κ3) is 3.10. The Bertz CT molecular complexity index is 881. The van der Waals surface area contributed by atoms with Crippen LogP contribution < -0.4 is 5.06 Å². The fraction of sp³-hybridized carbons (Fsp3) is 0.333. The van der Waals surface area contributed by atoms with E-state index >= 15 is 0 Å². The second-order valence-corrected chi connectivity index (χ2v) is 7.48. The zero-order chi connectivity index (χ0) is 19.1. The van der Waals surface area contributed by atoms with Crippen LogP contribution in [0.25, 0.3) is 10.8 Å². The molecule has 136 valence electrons. The quantitative estimate of drug-likeness (QED) is 0.513. The third-order valence-corrected chi connectivity index (χ3v) is 4.43. The predicted molar refractivity (Wildman–Crippen MR) is 100 cm³/mol. The van der Waals surface area contributed by atoms with E-state index in [0.29, 0.717) is 12.1 Å². The highest BCUT2D eigenvalue weighted by Gasteiger charge is 2.45. The predicted octanol–water partition coefficient (Wildman–Crippen LogP) is 3.99. The van der Waals surface area contributed by atoms with Gasteiger partial charge in [0.25, 0.3) is 0 Å². The molecule has 1 aliphatic rings. The molecule has 0 aromatic heterocycles. The van der Waals surface area contributed by atoms with Gasteiger partial charge in [0.05, 0.1) is 11.6 Å². The van der Waals surface area contributed by atoms with Gasteiger partial charge in [-0.25, -0.2) is 9.86 Å². The number of Topliss-reactive ketones (excluding diaryl/α,β-unsaturated/α-hetero) is 1. The first-order valence-corrected chi connectivity index (χ1v) is 8.62. The molecule has 26 heavy (non-hydrogen) atoms. The highest BCUT2D eigenvalue weighted by molar-refractivity contribution is 6.13. The standard InChI is InChI=1S/C21H23NO4/c1-5-8-15-17-14-10-7-6-9-13(14)11-12-16(17)22(25)18(19(15)23)20(24)26-21(2,3)4/h5-7,9-12,15,18,25H,1,8H2,2-4H3. The number of nitrogens with zero attached hydrogens (tertiary/aromatic N) is 1. The summed E-state index contributed by atoms with van der Waals surface area (Å²) in [6, 6.07) is 9.89. The summed E-state index contributed by atoms with van der Waals surface area (Å²) in [5, 5.41) is 13.3. The number of hydrogen-bond acceptors (Lipinski definition) is 5. The summed E-state index contributed by atoms with van der Waals surface area (Å²) in [4.78, 5) is 25.7. The van der Waals surface area contributed by atoms with E-state index in [1.54, 1.807) is 32.9 Å². The first kappa shape index (κ1) is 18.1. The Labute approximate surface area is 152 Å². The van der Waals surface area contributed by atoms with Gasteiger partial charge in [0.15, 0.2) is 5.78 Å². The average molecular weight is 353 g/mol. The van der Waals surface area contributed by atoms with Crippen molar-refractivity contribution >= 4 is 28.2 Å². The van der Waals surface area contributed by atoms with E-state index in [1.807, 2.05) is 30.3 Å². The van der Waals surface area contributed by atoms with Crippen molar-refractivity contribution in [1.82, 2.24) is 0 Å². The Kier molecular flexibility index (Phi) is 4.59. The van der Waals surface area contributed by atoms with Crippen molar-refractivity contribution in [3.05, 3.63) is 54.6 Å². The van der Waals surface area contributed by atoms with Gasteiger partial charge in [0.2, 0.25) is 6.04 Å². The van der Waals surface area contributed by atoms with Gasteiger partial charge in [-0.1, -0.05) is 36.4 Å². The van der Waals surface area contributed by atoms with Gasteiger partial charge in [0.1, 0.15) is 5.60 Å². The largest absolute Gasteiger partial charge is 0.458 e. The lowest BCUT2D eigenvalue weighted by molar-refractivity contribution is -0.160. The van der Waals surface area contributed by atoms with Crippen molar-refractivity contribution < 1.29 is 19.5 Å². The van der Waals surface area contributed by atoms with Crippen LogP contribution in [-0.4, -0.2) is 28.6 Å². The van der Waals surface area contributed by atoms with E-state index in [9.17, 15) is 14.8 Å². The minimum atomic E-state index is -1.38. The first-order valence-electron chi connectivity index (χ1n) is 8.62. The van der Waals surface area contributed by atoms with Gasteiger partial charge >= 0.3 is 5.97 Å². The summed E-state index contributed by atoms with van der Waals surface area (Å²) in [6.07, 6.45) is 2.04. The molecule has 1 aliphatic heterocycles. The molecule has 0 spiro atoms. The van der Waals surface area contributed by atoms with Crippen LogP contribution in [0.1, 0.15) is 38.7 Å². The minimum Gasteiger partial charge on any atom is -0.458 e. The molecule has 2 aromatic carbocycles. The molecule has 2 aromatic rings. The number of hydroxylamine groups is 1. The number of carbonyl (C=O) groups is 2. The van der Waals surface area contributed by atoms with E-state index in [-0.39, 0.29) is 5.78 Å². The van der Waals surface area contributed by atoms with Crippen molar-refractivity contribution in [2.24, 2.45) is 0 Å². The number of benzene rings is 2. The van der Waals surface area contributed by atoms with Crippen LogP contribution >= 0.6 is 0 Å². The summed E-state index contributed by atoms with van der Waals surface area (Å²) in [7, 11) is 0. The monoisotopic (exact) mass is 353 g/mol. The molecule has 0 amide bonds. The van der Waals surface area contributed by atoms with Crippen molar-refractivity contribution in [2.45, 2.75) is 44.8 Å². The fourth-order valence-corrected chi connectivity index (χ4v) is 3.42. The molecule has 1 N–H and O–H groups in total. The van der Waals surface area contributed by atoms with Gasteiger partial charge < -0.3 is 4.74 Å². The van der Waals surface area contributed by atoms with Crippen LogP contribution in [0.2, 0.25) is 0 Å². The van der Waals surface area contributed by atoms with Crippen LogP contribution in [-0.2, 0) is 14.3 Å². The average Bonchev–Trinajstić information content (AvgIpc) is 2.56. The van der Waals surface area contributed by atoms with Crippen molar-refractivity contribution in [3.8, 4) is 0 Å². The lowest BCUT2D eigenvalue weighted by Gasteiger charge is -2.37. The number of ether oxygens (including phenoxy) is 1. The molecule has 0 saturated carbocycles. The lowest BCUT2D eigenvalue weighted by Crippen LogP contribution is -2.52. The number of hydrogen-bond donors (Lipinski definition) is 1. The number of allylic oxidation sites excluding steroid dienone is 1. The van der Waals surface area contributed by atoms with Crippen LogP contribution in [0.3, 0.4) is 0 Å². The van der Waals surface area contributed by atoms with Crippen LogP contribution in [0.15, 0.2) is 49.1 Å². The maximum Gasteiger partial charge on any atom is 0.339 e. The molecule has 0 aliphatic carbocycles. The second-order valence-electron chi connectivity index (χ2n) is 7.48. The van der Waals surface area contributed by atoms with Crippen LogP contribution in [0.5, 0.6) is 0 Å². The van der Waals surface area contributed by atoms with E-state index in [4.69, 9.17) is 4.74 Å². The molecule has 0 fully saturated rings. The normalized spacial score (nSPS) is 20.0. The highest BCUT2D eigenvalue weighted by Crippen LogP contribution is 2.42. The van der Waals surface area contributed by atoms with Crippen LogP contribution in [0.4, 0.5) is 5.69 Å².